The van der Waals surface area contributed by atoms with E-state index < -0.39 is 48.8 Å². The minimum absolute atomic E-state index is 0.0224. The molecule has 3 aromatic rings. The molecule has 0 saturated carbocycles. The van der Waals surface area contributed by atoms with Crippen molar-refractivity contribution in [3.8, 4) is 17.6 Å². The fourth-order valence-electron chi connectivity index (χ4n) is 5.01. The number of fused-ring (bicyclic) bond motifs is 1. The number of ether oxygens (including phenoxy) is 3. The fourth-order valence-corrected chi connectivity index (χ4v) is 6.18. The summed E-state index contributed by atoms with van der Waals surface area (Å²) in [6, 6.07) is 7.58. The number of methoxy groups -OCH3 is 1. The molecule has 10 nitrogen and oxygen atoms in total. The van der Waals surface area contributed by atoms with Gasteiger partial charge in [0.05, 0.1) is 41.0 Å². The predicted molar refractivity (Wildman–Crippen MR) is 169 cm³/mol. The minimum Gasteiger partial charge on any atom is -0.467 e. The van der Waals surface area contributed by atoms with E-state index in [0.29, 0.717) is 29.0 Å². The molecule has 1 aliphatic heterocycles. The van der Waals surface area contributed by atoms with Crippen molar-refractivity contribution in [1.82, 2.24) is 5.32 Å². The monoisotopic (exact) mass is 696 g/mol. The second-order valence-corrected chi connectivity index (χ2v) is 11.7. The molecule has 1 aliphatic rings. The molecule has 2 heterocycles. The van der Waals surface area contributed by atoms with Crippen LogP contribution in [0.1, 0.15) is 46.5 Å². The summed E-state index contributed by atoms with van der Waals surface area (Å²) in [4.78, 5) is 36.2. The lowest BCUT2D eigenvalue weighted by Crippen LogP contribution is -2.42. The van der Waals surface area contributed by atoms with E-state index in [9.17, 15) is 36.3 Å². The molecule has 0 aliphatic carbocycles. The van der Waals surface area contributed by atoms with E-state index >= 15 is 0 Å². The van der Waals surface area contributed by atoms with Gasteiger partial charge in [0.1, 0.15) is 11.8 Å². The molecule has 1 aromatic heterocycles. The first-order valence-corrected chi connectivity index (χ1v) is 15.6. The molecule has 5 N–H and O–H groups in total. The highest BCUT2D eigenvalue weighted by atomic mass is 32.1. The van der Waals surface area contributed by atoms with Gasteiger partial charge in [-0.3, -0.25) is 9.59 Å². The molecular weight excluding hydrogens is 663 g/mol. The molecular formula is C32H33F5N4O6S. The first-order valence-electron chi connectivity index (χ1n) is 14.8. The lowest BCUT2D eigenvalue weighted by atomic mass is 10.1. The van der Waals surface area contributed by atoms with Gasteiger partial charge < -0.3 is 35.9 Å². The van der Waals surface area contributed by atoms with Crippen LogP contribution in [0.5, 0.6) is 5.75 Å². The molecule has 2 aromatic carbocycles. The number of carbonyl (C=O) groups excluding carboxylic acids is 3. The summed E-state index contributed by atoms with van der Waals surface area (Å²) in [6.07, 6.45) is -4.50. The van der Waals surface area contributed by atoms with Gasteiger partial charge in [-0.05, 0) is 54.5 Å². The lowest BCUT2D eigenvalue weighted by Gasteiger charge is -2.24. The Balaban J connectivity index is 1.54. The highest BCUT2D eigenvalue weighted by Crippen LogP contribution is 2.39. The standard InChI is InChI=1S/C32H33F5N4O6S/c1-45-30(44)24(9-10-27(38)42)41-29(43)18-7-8-22(25(16-18)47-31(33)34)39-13-3-6-26-21(17-32(35,36)37)20-4-2-5-23(28(20)48-26)40-19-11-14-46-15-12-19/h2,4-5,7-8,16,19,24,31,39-40H,9-15,17H2,1H3,(H2,38,42)(H,41,43). The number of carbonyl (C=O) groups is 3. The Morgan fingerprint density at radius 1 is 1.12 bits per heavy atom. The van der Waals surface area contributed by atoms with Crippen molar-refractivity contribution in [2.45, 2.75) is 57.0 Å². The summed E-state index contributed by atoms with van der Waals surface area (Å²) in [7, 11) is 1.09. The average Bonchev–Trinajstić information content (AvgIpc) is 3.37. The number of nitrogens with two attached hydrogens (primary N) is 1. The van der Waals surface area contributed by atoms with Gasteiger partial charge in [0.25, 0.3) is 5.91 Å². The Morgan fingerprint density at radius 3 is 2.54 bits per heavy atom. The summed E-state index contributed by atoms with van der Waals surface area (Å²) in [5, 5.41) is 9.03. The van der Waals surface area contributed by atoms with E-state index in [0.717, 1.165) is 37.4 Å². The molecule has 1 atom stereocenters. The van der Waals surface area contributed by atoms with Gasteiger partial charge in [-0.25, -0.2) is 4.79 Å². The van der Waals surface area contributed by atoms with Gasteiger partial charge >= 0.3 is 18.8 Å². The van der Waals surface area contributed by atoms with Crippen molar-refractivity contribution in [3.63, 3.8) is 0 Å². The molecule has 0 spiro atoms. The van der Waals surface area contributed by atoms with E-state index in [-0.39, 0.29) is 47.1 Å². The molecule has 258 valence electrons. The van der Waals surface area contributed by atoms with E-state index in [2.05, 4.69) is 37.3 Å². The van der Waals surface area contributed by atoms with Crippen molar-refractivity contribution < 1.29 is 50.5 Å². The number of alkyl halides is 5. The van der Waals surface area contributed by atoms with Gasteiger partial charge in [0.15, 0.2) is 0 Å². The number of hydrogen-bond acceptors (Lipinski definition) is 9. The van der Waals surface area contributed by atoms with Gasteiger partial charge in [0, 0.05) is 31.2 Å². The zero-order valence-corrected chi connectivity index (χ0v) is 26.5. The summed E-state index contributed by atoms with van der Waals surface area (Å²) >= 11 is 1.13. The molecule has 0 bridgehead atoms. The van der Waals surface area contributed by atoms with Crippen molar-refractivity contribution in [2.24, 2.45) is 5.73 Å². The topological polar surface area (TPSA) is 141 Å². The van der Waals surface area contributed by atoms with E-state index in [1.165, 1.54) is 12.1 Å². The van der Waals surface area contributed by atoms with Crippen LogP contribution < -0.4 is 26.4 Å². The highest BCUT2D eigenvalue weighted by molar-refractivity contribution is 7.20. The van der Waals surface area contributed by atoms with E-state index in [1.807, 2.05) is 6.07 Å². The maximum atomic E-state index is 13.6. The summed E-state index contributed by atoms with van der Waals surface area (Å²) in [5.74, 6) is 2.75. The molecule has 1 saturated heterocycles. The van der Waals surface area contributed by atoms with Crippen LogP contribution in [0.4, 0.5) is 33.3 Å². The first-order chi connectivity index (χ1) is 22.8. The number of amides is 2. The molecule has 1 fully saturated rings. The smallest absolute Gasteiger partial charge is 0.393 e. The Kier molecular flexibility index (Phi) is 12.4. The third-order valence-electron chi connectivity index (χ3n) is 7.28. The Morgan fingerprint density at radius 2 is 1.88 bits per heavy atom. The average molecular weight is 697 g/mol. The summed E-state index contributed by atoms with van der Waals surface area (Å²) < 4.78 is 82.6. The van der Waals surface area contributed by atoms with Gasteiger partial charge in [-0.15, -0.1) is 11.3 Å². The van der Waals surface area contributed by atoms with Crippen LogP contribution in [-0.4, -0.2) is 69.5 Å². The number of esters is 1. The third-order valence-corrected chi connectivity index (χ3v) is 8.47. The van der Waals surface area contributed by atoms with Crippen LogP contribution in [0.15, 0.2) is 36.4 Å². The zero-order valence-electron chi connectivity index (χ0n) is 25.7. The second-order valence-electron chi connectivity index (χ2n) is 10.7. The predicted octanol–water partition coefficient (Wildman–Crippen LogP) is 5.20. The number of halogens is 5. The van der Waals surface area contributed by atoms with Gasteiger partial charge in [-0.2, -0.15) is 22.0 Å². The summed E-state index contributed by atoms with van der Waals surface area (Å²) in [5.41, 5.74) is 5.75. The molecule has 2 amide bonds. The Hall–Kier alpha value is -4.62. The van der Waals surface area contributed by atoms with Crippen molar-refractivity contribution >= 4 is 50.6 Å². The van der Waals surface area contributed by atoms with Crippen molar-refractivity contribution in [3.05, 3.63) is 52.4 Å². The van der Waals surface area contributed by atoms with Crippen LogP contribution in [0.2, 0.25) is 0 Å². The number of hydrogen-bond donors (Lipinski definition) is 4. The maximum absolute atomic E-state index is 13.6. The van der Waals surface area contributed by atoms with Crippen LogP contribution >= 0.6 is 11.3 Å². The van der Waals surface area contributed by atoms with Crippen molar-refractivity contribution in [2.75, 3.05) is 37.5 Å². The molecule has 48 heavy (non-hydrogen) atoms. The number of thiophene rings is 1. The molecule has 0 radical (unpaired) electrons. The molecule has 4 rings (SSSR count). The van der Waals surface area contributed by atoms with Gasteiger partial charge in [0.2, 0.25) is 5.91 Å². The number of rotatable bonds is 13. The van der Waals surface area contributed by atoms with Crippen LogP contribution in [-0.2, 0) is 25.5 Å². The molecule has 1 unspecified atom stereocenters. The normalized spacial score (nSPS) is 14.1. The third kappa shape index (κ3) is 10.2. The Labute approximate surface area is 276 Å². The molecule has 16 heteroatoms. The van der Waals surface area contributed by atoms with Crippen LogP contribution in [0.25, 0.3) is 10.1 Å². The van der Waals surface area contributed by atoms with Gasteiger partial charge in [-0.1, -0.05) is 24.0 Å². The fraction of sp³-hybridized carbons (Fsp3) is 0.406. The number of primary amides is 1. The van der Waals surface area contributed by atoms with E-state index in [4.69, 9.17) is 10.5 Å². The van der Waals surface area contributed by atoms with Crippen LogP contribution in [0, 0.1) is 11.8 Å². The van der Waals surface area contributed by atoms with E-state index in [1.54, 1.807) is 12.1 Å². The maximum Gasteiger partial charge on any atom is 0.393 e. The Bertz CT molecular complexity index is 1680. The number of benzene rings is 2. The highest BCUT2D eigenvalue weighted by Gasteiger charge is 2.31. The second kappa shape index (κ2) is 16.5. The quantitative estimate of drug-likeness (QED) is 0.109. The summed E-state index contributed by atoms with van der Waals surface area (Å²) in [6.45, 7) is -2.25. The largest absolute Gasteiger partial charge is 0.467 e. The minimum atomic E-state index is -4.49. The van der Waals surface area contributed by atoms with Crippen molar-refractivity contribution in [1.29, 1.82) is 0 Å². The lowest BCUT2D eigenvalue weighted by molar-refractivity contribution is -0.143. The SMILES string of the molecule is COC(=O)C(CCC(N)=O)NC(=O)c1ccc(NCC#Cc2sc3c(NC4CCOCC4)cccc3c2CC(F)(F)F)c(OC(F)F)c1. The first kappa shape index (κ1) is 36.2. The number of anilines is 2. The van der Waals surface area contributed by atoms with Crippen LogP contribution in [0.3, 0.4) is 0 Å². The number of nitrogens with one attached hydrogen (secondary N) is 3. The zero-order chi connectivity index (χ0) is 34.8.